The third-order valence-electron chi connectivity index (χ3n) is 3.86. The van der Waals surface area contributed by atoms with E-state index < -0.39 is 0 Å². The second kappa shape index (κ2) is 3.62. The second-order valence-corrected chi connectivity index (χ2v) is 5.45. The van der Waals surface area contributed by atoms with Crippen LogP contribution in [0.1, 0.15) is 49.7 Å². The van der Waals surface area contributed by atoms with Crippen LogP contribution in [0.15, 0.2) is 6.07 Å². The lowest BCUT2D eigenvalue weighted by Crippen LogP contribution is -2.03. The maximum Gasteiger partial charge on any atom is 0.165 e. The SMILES string of the molecule is CC(C)c1cc(F)c2c(c1O)C(C1CC1)CO2. The Bertz CT molecular complexity index is 464. The Morgan fingerprint density at radius 1 is 1.41 bits per heavy atom. The molecule has 1 heterocycles. The second-order valence-electron chi connectivity index (χ2n) is 5.45. The molecular weight excluding hydrogens is 219 g/mol. The zero-order chi connectivity index (χ0) is 12.2. The lowest BCUT2D eigenvalue weighted by atomic mass is 9.90. The molecule has 1 saturated carbocycles. The van der Waals surface area contributed by atoms with Crippen molar-refractivity contribution in [3.8, 4) is 11.5 Å². The molecule has 1 aromatic carbocycles. The number of halogens is 1. The largest absolute Gasteiger partial charge is 0.507 e. The first kappa shape index (κ1) is 10.9. The Balaban J connectivity index is 2.14. The number of phenols is 1. The molecule has 0 bridgehead atoms. The normalized spacial score (nSPS) is 22.7. The molecule has 0 radical (unpaired) electrons. The third-order valence-corrected chi connectivity index (χ3v) is 3.86. The van der Waals surface area contributed by atoms with Gasteiger partial charge in [0.05, 0.1) is 6.61 Å². The molecular formula is C14H17FO2. The van der Waals surface area contributed by atoms with Gasteiger partial charge in [-0.05, 0) is 36.3 Å². The van der Waals surface area contributed by atoms with Gasteiger partial charge in [0.2, 0.25) is 0 Å². The number of rotatable bonds is 2. The molecule has 2 aliphatic rings. The van der Waals surface area contributed by atoms with Gasteiger partial charge < -0.3 is 9.84 Å². The van der Waals surface area contributed by atoms with Gasteiger partial charge in [0.15, 0.2) is 11.6 Å². The highest BCUT2D eigenvalue weighted by Crippen LogP contribution is 2.53. The molecule has 2 nitrogen and oxygen atoms in total. The molecule has 1 aliphatic carbocycles. The highest BCUT2D eigenvalue weighted by atomic mass is 19.1. The maximum absolute atomic E-state index is 13.9. The summed E-state index contributed by atoms with van der Waals surface area (Å²) in [5, 5.41) is 10.3. The molecule has 0 spiro atoms. The minimum absolute atomic E-state index is 0.121. The fraction of sp³-hybridized carbons (Fsp3) is 0.571. The van der Waals surface area contributed by atoms with Crippen LogP contribution in [-0.2, 0) is 0 Å². The van der Waals surface area contributed by atoms with Crippen LogP contribution in [0.5, 0.6) is 11.5 Å². The van der Waals surface area contributed by atoms with E-state index in [1.54, 1.807) is 0 Å². The summed E-state index contributed by atoms with van der Waals surface area (Å²) in [5.41, 5.74) is 1.41. The quantitative estimate of drug-likeness (QED) is 0.851. The Labute approximate surface area is 100 Å². The van der Waals surface area contributed by atoms with Crippen LogP contribution >= 0.6 is 0 Å². The van der Waals surface area contributed by atoms with Gasteiger partial charge in [0.25, 0.3) is 0 Å². The first-order valence-electron chi connectivity index (χ1n) is 6.27. The summed E-state index contributed by atoms with van der Waals surface area (Å²) < 4.78 is 19.3. The van der Waals surface area contributed by atoms with Crippen LogP contribution in [0.3, 0.4) is 0 Å². The Morgan fingerprint density at radius 3 is 2.71 bits per heavy atom. The summed E-state index contributed by atoms with van der Waals surface area (Å²) in [6, 6.07) is 1.41. The van der Waals surface area contributed by atoms with Crippen molar-refractivity contribution in [2.45, 2.75) is 38.5 Å². The first-order chi connectivity index (χ1) is 8.09. The minimum atomic E-state index is -0.329. The topological polar surface area (TPSA) is 29.5 Å². The molecule has 0 amide bonds. The van der Waals surface area contributed by atoms with Gasteiger partial charge in [-0.3, -0.25) is 0 Å². The maximum atomic E-state index is 13.9. The van der Waals surface area contributed by atoms with Crippen molar-refractivity contribution >= 4 is 0 Å². The first-order valence-corrected chi connectivity index (χ1v) is 6.27. The van der Waals surface area contributed by atoms with Crippen LogP contribution in [0, 0.1) is 11.7 Å². The summed E-state index contributed by atoms with van der Waals surface area (Å²) in [4.78, 5) is 0. The number of fused-ring (bicyclic) bond motifs is 1. The fourth-order valence-electron chi connectivity index (χ4n) is 2.72. The molecule has 1 aliphatic heterocycles. The van der Waals surface area contributed by atoms with E-state index in [0.29, 0.717) is 18.1 Å². The predicted octanol–water partition coefficient (Wildman–Crippen LogP) is 3.54. The Morgan fingerprint density at radius 2 is 2.12 bits per heavy atom. The van der Waals surface area contributed by atoms with Crippen LogP contribution in [-0.4, -0.2) is 11.7 Å². The van der Waals surface area contributed by atoms with Gasteiger partial charge in [-0.1, -0.05) is 13.8 Å². The molecule has 92 valence electrons. The summed E-state index contributed by atoms with van der Waals surface area (Å²) in [7, 11) is 0. The van der Waals surface area contributed by atoms with E-state index in [0.717, 1.165) is 5.56 Å². The molecule has 1 aromatic rings. The zero-order valence-electron chi connectivity index (χ0n) is 10.2. The lowest BCUT2D eigenvalue weighted by molar-refractivity contribution is 0.308. The predicted molar refractivity (Wildman–Crippen MR) is 63.1 cm³/mol. The average molecular weight is 236 g/mol. The van der Waals surface area contributed by atoms with E-state index in [2.05, 4.69) is 0 Å². The lowest BCUT2D eigenvalue weighted by Gasteiger charge is -2.15. The molecule has 17 heavy (non-hydrogen) atoms. The van der Waals surface area contributed by atoms with Gasteiger partial charge in [-0.2, -0.15) is 0 Å². The van der Waals surface area contributed by atoms with Gasteiger partial charge in [0, 0.05) is 11.5 Å². The van der Waals surface area contributed by atoms with Gasteiger partial charge in [-0.25, -0.2) is 4.39 Å². The van der Waals surface area contributed by atoms with Crippen molar-refractivity contribution in [1.29, 1.82) is 0 Å². The summed E-state index contributed by atoms with van der Waals surface area (Å²) in [6.45, 7) is 4.44. The van der Waals surface area contributed by atoms with Crippen LogP contribution in [0.25, 0.3) is 0 Å². The van der Waals surface area contributed by atoms with Gasteiger partial charge in [0.1, 0.15) is 5.75 Å². The molecule has 1 N–H and O–H groups in total. The Hall–Kier alpha value is -1.25. The van der Waals surface area contributed by atoms with E-state index in [1.807, 2.05) is 13.8 Å². The van der Waals surface area contributed by atoms with E-state index in [-0.39, 0.29) is 29.2 Å². The monoisotopic (exact) mass is 236 g/mol. The number of hydrogen-bond donors (Lipinski definition) is 1. The van der Waals surface area contributed by atoms with E-state index in [1.165, 1.54) is 18.9 Å². The van der Waals surface area contributed by atoms with Gasteiger partial charge in [-0.15, -0.1) is 0 Å². The molecule has 3 heteroatoms. The van der Waals surface area contributed by atoms with Crippen LogP contribution in [0.4, 0.5) is 4.39 Å². The highest BCUT2D eigenvalue weighted by molar-refractivity contribution is 5.55. The third kappa shape index (κ3) is 1.60. The molecule has 3 rings (SSSR count). The van der Waals surface area contributed by atoms with Crippen molar-refractivity contribution in [3.05, 3.63) is 23.0 Å². The van der Waals surface area contributed by atoms with Crippen molar-refractivity contribution in [2.75, 3.05) is 6.61 Å². The molecule has 0 saturated heterocycles. The van der Waals surface area contributed by atoms with Crippen LogP contribution in [0.2, 0.25) is 0 Å². The Kier molecular flexibility index (Phi) is 2.32. The van der Waals surface area contributed by atoms with Gasteiger partial charge >= 0.3 is 0 Å². The number of hydrogen-bond acceptors (Lipinski definition) is 2. The average Bonchev–Trinajstić information content (AvgIpc) is 3.02. The van der Waals surface area contributed by atoms with E-state index >= 15 is 0 Å². The van der Waals surface area contributed by atoms with Crippen LogP contribution < -0.4 is 4.74 Å². The summed E-state index contributed by atoms with van der Waals surface area (Å²) in [6.07, 6.45) is 2.33. The molecule has 1 fully saturated rings. The standard InChI is InChI=1S/C14H17FO2/c1-7(2)9-5-11(15)14-12(13(9)16)10(6-17-14)8-3-4-8/h5,7-8,10,16H,3-4,6H2,1-2H3. The summed E-state index contributed by atoms with van der Waals surface area (Å²) >= 11 is 0. The molecule has 1 atom stereocenters. The van der Waals surface area contributed by atoms with E-state index in [9.17, 15) is 9.50 Å². The van der Waals surface area contributed by atoms with E-state index in [4.69, 9.17) is 4.74 Å². The number of benzene rings is 1. The number of phenolic OH excluding ortho intramolecular Hbond substituents is 1. The van der Waals surface area contributed by atoms with Crippen molar-refractivity contribution < 1.29 is 14.2 Å². The summed E-state index contributed by atoms with van der Waals surface area (Å²) in [5.74, 6) is 1.09. The fourth-order valence-corrected chi connectivity index (χ4v) is 2.72. The zero-order valence-corrected chi connectivity index (χ0v) is 10.2. The molecule has 0 aromatic heterocycles. The van der Waals surface area contributed by atoms with Crippen molar-refractivity contribution in [1.82, 2.24) is 0 Å². The molecule has 1 unspecified atom stereocenters. The smallest absolute Gasteiger partial charge is 0.165 e. The number of ether oxygens (including phenoxy) is 1. The highest BCUT2D eigenvalue weighted by Gasteiger charge is 2.41. The van der Waals surface area contributed by atoms with Crippen molar-refractivity contribution in [2.24, 2.45) is 5.92 Å². The van der Waals surface area contributed by atoms with Crippen molar-refractivity contribution in [3.63, 3.8) is 0 Å². The minimum Gasteiger partial charge on any atom is -0.507 e. The number of aromatic hydroxyl groups is 1.